The molecular weight excluding hydrogens is 186 g/mol. The van der Waals surface area contributed by atoms with Crippen molar-refractivity contribution >= 4 is 0 Å². The highest BCUT2D eigenvalue weighted by molar-refractivity contribution is 4.86. The maximum absolute atomic E-state index is 10.3. The van der Waals surface area contributed by atoms with E-state index in [1.807, 2.05) is 0 Å². The van der Waals surface area contributed by atoms with Crippen molar-refractivity contribution in [3.05, 3.63) is 30.3 Å². The fourth-order valence-corrected chi connectivity index (χ4v) is 1.21. The number of hydrogen-bond donors (Lipinski definition) is 0. The molecule has 0 unspecified atom stereocenters. The molecule has 0 aromatic heterocycles. The molecule has 1 saturated carbocycles. The maximum atomic E-state index is 10.3. The first kappa shape index (κ1) is 9.29. The SMILES string of the molecule is O=[N+]([O-])C1CC([N+](=O)[O-])([N+](=O)[O-])C1. The van der Waals surface area contributed by atoms with Crippen molar-refractivity contribution in [3.63, 3.8) is 0 Å². The Kier molecular flexibility index (Phi) is 1.86. The Labute approximate surface area is 70.8 Å². The van der Waals surface area contributed by atoms with Crippen LogP contribution in [0.2, 0.25) is 0 Å². The summed E-state index contributed by atoms with van der Waals surface area (Å²) in [6, 6.07) is -1.16. The van der Waals surface area contributed by atoms with Crippen LogP contribution in [0.15, 0.2) is 0 Å². The summed E-state index contributed by atoms with van der Waals surface area (Å²) >= 11 is 0. The van der Waals surface area contributed by atoms with Crippen LogP contribution >= 0.6 is 0 Å². The first-order valence-corrected chi connectivity index (χ1v) is 3.32. The van der Waals surface area contributed by atoms with Crippen molar-refractivity contribution in [2.75, 3.05) is 0 Å². The topological polar surface area (TPSA) is 129 Å². The average molecular weight is 191 g/mol. The third-order valence-corrected chi connectivity index (χ3v) is 2.10. The Hall–Kier alpha value is -1.80. The summed E-state index contributed by atoms with van der Waals surface area (Å²) in [5.74, 6) is 0. The van der Waals surface area contributed by atoms with Crippen LogP contribution in [-0.4, -0.2) is 26.5 Å². The minimum absolute atomic E-state index is 0.625. The zero-order chi connectivity index (χ0) is 10.2. The van der Waals surface area contributed by atoms with Gasteiger partial charge in [-0.3, -0.25) is 30.3 Å². The summed E-state index contributed by atoms with van der Waals surface area (Å²) < 4.78 is 0. The van der Waals surface area contributed by atoms with Gasteiger partial charge in [0.1, 0.15) is 0 Å². The fraction of sp³-hybridized carbons (Fsp3) is 1.00. The van der Waals surface area contributed by atoms with Gasteiger partial charge in [-0.1, -0.05) is 0 Å². The first-order chi connectivity index (χ1) is 5.90. The van der Waals surface area contributed by atoms with Gasteiger partial charge < -0.3 is 0 Å². The Balaban J connectivity index is 2.75. The summed E-state index contributed by atoms with van der Waals surface area (Å²) in [7, 11) is 0. The third kappa shape index (κ3) is 1.17. The molecule has 0 N–H and O–H groups in total. The monoisotopic (exact) mass is 191 g/mol. The van der Waals surface area contributed by atoms with Crippen LogP contribution in [0.25, 0.3) is 0 Å². The lowest BCUT2D eigenvalue weighted by Crippen LogP contribution is -2.60. The van der Waals surface area contributed by atoms with Gasteiger partial charge in [-0.15, -0.1) is 0 Å². The smallest absolute Gasteiger partial charge is 0.264 e. The second-order valence-corrected chi connectivity index (χ2v) is 2.84. The molecule has 0 saturated heterocycles. The van der Waals surface area contributed by atoms with Crippen LogP contribution in [0.3, 0.4) is 0 Å². The van der Waals surface area contributed by atoms with E-state index in [0.717, 1.165) is 0 Å². The second kappa shape index (κ2) is 2.61. The van der Waals surface area contributed by atoms with Crippen LogP contribution in [0.1, 0.15) is 12.8 Å². The fourth-order valence-electron chi connectivity index (χ4n) is 1.21. The minimum atomic E-state index is -2.32. The number of rotatable bonds is 3. The number of hydrogen-bond acceptors (Lipinski definition) is 6. The quantitative estimate of drug-likeness (QED) is 0.341. The summed E-state index contributed by atoms with van der Waals surface area (Å²) in [6.07, 6.45) is -1.25. The molecule has 0 radical (unpaired) electrons. The number of nitro groups is 3. The molecule has 0 atom stereocenters. The molecule has 0 heterocycles. The molecule has 0 spiro atoms. The van der Waals surface area contributed by atoms with Gasteiger partial charge >= 0.3 is 5.66 Å². The molecule has 72 valence electrons. The van der Waals surface area contributed by atoms with Crippen molar-refractivity contribution in [1.82, 2.24) is 0 Å². The van der Waals surface area contributed by atoms with Gasteiger partial charge in [0.25, 0.3) is 0 Å². The van der Waals surface area contributed by atoms with E-state index in [9.17, 15) is 30.3 Å². The van der Waals surface area contributed by atoms with E-state index in [4.69, 9.17) is 0 Å². The molecule has 0 aromatic carbocycles. The molecule has 1 aliphatic rings. The predicted molar refractivity (Wildman–Crippen MR) is 36.7 cm³/mol. The van der Waals surface area contributed by atoms with Crippen molar-refractivity contribution < 1.29 is 14.8 Å². The first-order valence-electron chi connectivity index (χ1n) is 3.32. The Morgan fingerprint density at radius 1 is 1.00 bits per heavy atom. The van der Waals surface area contributed by atoms with E-state index in [2.05, 4.69) is 0 Å². The normalized spacial score (nSPS) is 20.3. The van der Waals surface area contributed by atoms with Gasteiger partial charge in [-0.05, 0) is 0 Å². The van der Waals surface area contributed by atoms with Gasteiger partial charge in [-0.25, -0.2) is 0 Å². The highest BCUT2D eigenvalue weighted by Crippen LogP contribution is 2.37. The van der Waals surface area contributed by atoms with Crippen molar-refractivity contribution in [3.8, 4) is 0 Å². The zero-order valence-electron chi connectivity index (χ0n) is 6.28. The van der Waals surface area contributed by atoms with Crippen molar-refractivity contribution in [1.29, 1.82) is 0 Å². The van der Waals surface area contributed by atoms with Gasteiger partial charge in [0.2, 0.25) is 6.04 Å². The van der Waals surface area contributed by atoms with Gasteiger partial charge in [0.05, 0.1) is 9.85 Å². The lowest BCUT2D eigenvalue weighted by Gasteiger charge is -2.26. The van der Waals surface area contributed by atoms with Crippen molar-refractivity contribution in [2.45, 2.75) is 24.5 Å². The second-order valence-electron chi connectivity index (χ2n) is 2.84. The highest BCUT2D eigenvalue weighted by atomic mass is 16.7. The summed E-state index contributed by atoms with van der Waals surface area (Å²) in [4.78, 5) is 27.7. The maximum Gasteiger partial charge on any atom is 0.471 e. The van der Waals surface area contributed by atoms with E-state index in [1.54, 1.807) is 0 Å². The van der Waals surface area contributed by atoms with E-state index < -0.39 is 39.3 Å². The van der Waals surface area contributed by atoms with Gasteiger partial charge in [0.15, 0.2) is 12.8 Å². The standard InChI is InChI=1S/C4H5N3O6/c8-5(9)3-1-4(2-3,6(10)11)7(12)13/h3H,1-2H2. The number of nitrogens with zero attached hydrogens (tertiary/aromatic N) is 3. The van der Waals surface area contributed by atoms with E-state index in [0.29, 0.717) is 0 Å². The van der Waals surface area contributed by atoms with Crippen LogP contribution < -0.4 is 0 Å². The molecule has 1 fully saturated rings. The molecule has 0 amide bonds. The molecule has 13 heavy (non-hydrogen) atoms. The van der Waals surface area contributed by atoms with Gasteiger partial charge in [-0.2, -0.15) is 0 Å². The molecule has 9 nitrogen and oxygen atoms in total. The summed E-state index contributed by atoms with van der Waals surface area (Å²) in [6.45, 7) is 0. The van der Waals surface area contributed by atoms with E-state index in [-0.39, 0.29) is 0 Å². The van der Waals surface area contributed by atoms with E-state index in [1.165, 1.54) is 0 Å². The van der Waals surface area contributed by atoms with Gasteiger partial charge in [0, 0.05) is 4.92 Å². The molecule has 0 aliphatic heterocycles. The molecule has 1 aliphatic carbocycles. The predicted octanol–water partition coefficient (Wildman–Crippen LogP) is -0.325. The molecule has 1 rings (SSSR count). The Bertz CT molecular complexity index is 266. The van der Waals surface area contributed by atoms with Crippen molar-refractivity contribution in [2.24, 2.45) is 0 Å². The molecule has 0 bridgehead atoms. The lowest BCUT2D eigenvalue weighted by molar-refractivity contribution is -0.828. The zero-order valence-corrected chi connectivity index (χ0v) is 6.28. The molecule has 9 heteroatoms. The average Bonchev–Trinajstić information content (AvgIpc) is 1.80. The Morgan fingerprint density at radius 2 is 1.38 bits per heavy atom. The molecular formula is C4H5N3O6. The molecule has 0 aromatic rings. The highest BCUT2D eigenvalue weighted by Gasteiger charge is 2.71. The van der Waals surface area contributed by atoms with Crippen LogP contribution in [0.5, 0.6) is 0 Å². The lowest BCUT2D eigenvalue weighted by atomic mass is 9.81. The van der Waals surface area contributed by atoms with Crippen LogP contribution in [0, 0.1) is 30.3 Å². The largest absolute Gasteiger partial charge is 0.471 e. The summed E-state index contributed by atoms with van der Waals surface area (Å²) in [5.41, 5.74) is -2.32. The van der Waals surface area contributed by atoms with E-state index >= 15 is 0 Å². The summed E-state index contributed by atoms with van der Waals surface area (Å²) in [5, 5.41) is 30.6. The Morgan fingerprint density at radius 3 is 1.62 bits per heavy atom. The minimum Gasteiger partial charge on any atom is -0.264 e. The van der Waals surface area contributed by atoms with Crippen LogP contribution in [0.4, 0.5) is 0 Å². The third-order valence-electron chi connectivity index (χ3n) is 2.10. The van der Waals surface area contributed by atoms with Crippen LogP contribution in [-0.2, 0) is 0 Å².